The van der Waals surface area contributed by atoms with Crippen LogP contribution in [0.2, 0.25) is 0 Å². The third-order valence-electron chi connectivity index (χ3n) is 8.64. The largest absolute Gasteiger partial charge is 0.375 e. The third-order valence-corrected chi connectivity index (χ3v) is 10.5. The van der Waals surface area contributed by atoms with Crippen molar-refractivity contribution in [2.24, 2.45) is 28.6 Å². The predicted molar refractivity (Wildman–Crippen MR) is 102 cm³/mol. The monoisotopic (exact) mass is 436 g/mol. The number of carbonyl (C=O) groups excluding carboxylic acids is 4. The van der Waals surface area contributed by atoms with Crippen molar-refractivity contribution in [1.82, 2.24) is 9.21 Å². The van der Waals surface area contributed by atoms with Crippen LogP contribution in [0.1, 0.15) is 33.1 Å². The highest BCUT2D eigenvalue weighted by Gasteiger charge is 2.71. The molecule has 0 spiro atoms. The minimum Gasteiger partial charge on any atom is -0.375 e. The molecule has 2 saturated heterocycles. The molecular formula is C20H24N2O7S. The number of nitrogens with zero attached hydrogens (tertiary/aromatic N) is 2. The van der Waals surface area contributed by atoms with Gasteiger partial charge in [-0.2, -0.15) is 0 Å². The van der Waals surface area contributed by atoms with E-state index in [1.165, 1.54) is 13.1 Å². The minimum atomic E-state index is -4.36. The lowest BCUT2D eigenvalue weighted by molar-refractivity contribution is -0.165. The van der Waals surface area contributed by atoms with Gasteiger partial charge >= 0.3 is 0 Å². The fourth-order valence-electron chi connectivity index (χ4n) is 6.65. The lowest BCUT2D eigenvalue weighted by atomic mass is 9.68. The van der Waals surface area contributed by atoms with Crippen molar-refractivity contribution in [1.29, 1.82) is 0 Å². The molecule has 6 rings (SSSR count). The summed E-state index contributed by atoms with van der Waals surface area (Å²) in [7, 11) is -3.10. The van der Waals surface area contributed by atoms with Gasteiger partial charge in [0.1, 0.15) is 5.78 Å². The zero-order chi connectivity index (χ0) is 22.0. The van der Waals surface area contributed by atoms with Crippen LogP contribution in [0.3, 0.4) is 0 Å². The molecule has 9 nitrogen and oxygen atoms in total. The Bertz CT molecular complexity index is 1060. The molecule has 4 fully saturated rings. The second-order valence-electron chi connectivity index (χ2n) is 9.94. The van der Waals surface area contributed by atoms with Crippen LogP contribution in [0.4, 0.5) is 0 Å². The third kappa shape index (κ3) is 1.95. The zero-order valence-electron chi connectivity index (χ0n) is 17.0. The van der Waals surface area contributed by atoms with Crippen LogP contribution in [0, 0.1) is 28.6 Å². The molecule has 4 bridgehead atoms. The van der Waals surface area contributed by atoms with Gasteiger partial charge in [-0.25, -0.2) is 12.7 Å². The molecule has 0 aromatic rings. The first-order valence-corrected chi connectivity index (χ1v) is 11.7. The Morgan fingerprint density at radius 3 is 2.40 bits per heavy atom. The Kier molecular flexibility index (Phi) is 3.57. The van der Waals surface area contributed by atoms with Gasteiger partial charge in [-0.05, 0) is 30.3 Å². The average molecular weight is 436 g/mol. The molecule has 0 aromatic carbocycles. The Morgan fingerprint density at radius 2 is 1.83 bits per heavy atom. The van der Waals surface area contributed by atoms with Crippen LogP contribution in [0.25, 0.3) is 0 Å². The summed E-state index contributed by atoms with van der Waals surface area (Å²) in [6, 6.07) is -1.18. The van der Waals surface area contributed by atoms with Crippen molar-refractivity contribution < 1.29 is 32.7 Å². The quantitative estimate of drug-likeness (QED) is 0.464. The number of hydrogen-bond donors (Lipinski definition) is 1. The number of imide groups is 1. The van der Waals surface area contributed by atoms with E-state index in [2.05, 4.69) is 0 Å². The van der Waals surface area contributed by atoms with Crippen LogP contribution < -0.4 is 0 Å². The molecule has 10 heteroatoms. The normalized spacial score (nSPS) is 43.9. The molecule has 3 aliphatic carbocycles. The summed E-state index contributed by atoms with van der Waals surface area (Å²) in [5.74, 6) is -5.48. The van der Waals surface area contributed by atoms with Gasteiger partial charge in [0.15, 0.2) is 5.60 Å². The lowest BCUT2D eigenvalue weighted by Gasteiger charge is -2.50. The Morgan fingerprint density at radius 1 is 1.17 bits per heavy atom. The van der Waals surface area contributed by atoms with Gasteiger partial charge in [0.2, 0.25) is 21.8 Å². The number of ketones is 1. The van der Waals surface area contributed by atoms with E-state index in [0.717, 1.165) is 17.4 Å². The average Bonchev–Trinajstić information content (AvgIpc) is 3.11. The van der Waals surface area contributed by atoms with Gasteiger partial charge in [0.25, 0.3) is 5.91 Å². The highest BCUT2D eigenvalue weighted by Crippen LogP contribution is 2.64. The van der Waals surface area contributed by atoms with E-state index in [-0.39, 0.29) is 11.7 Å². The number of Topliss-reactive ketones (excluding diaryl/α,β-unsaturated/α-hetero) is 1. The lowest BCUT2D eigenvalue weighted by Crippen LogP contribution is -2.70. The molecule has 6 atom stereocenters. The van der Waals surface area contributed by atoms with E-state index in [1.54, 1.807) is 0 Å². The molecule has 3 unspecified atom stereocenters. The zero-order valence-corrected chi connectivity index (χ0v) is 17.8. The molecule has 0 aromatic heterocycles. The number of sulfonamides is 1. The second-order valence-corrected chi connectivity index (χ2v) is 11.8. The van der Waals surface area contributed by atoms with Gasteiger partial charge in [-0.15, -0.1) is 0 Å². The van der Waals surface area contributed by atoms with Crippen LogP contribution >= 0.6 is 0 Å². The summed E-state index contributed by atoms with van der Waals surface area (Å²) in [6.07, 6.45) is 3.96. The molecule has 30 heavy (non-hydrogen) atoms. The maximum Gasteiger partial charge on any atom is 0.273 e. The first-order valence-electron chi connectivity index (χ1n) is 10.1. The molecular weight excluding hydrogens is 412 g/mol. The number of hydrogen-bond acceptors (Lipinski definition) is 7. The highest BCUT2D eigenvalue weighted by atomic mass is 32.2. The molecule has 2 saturated carbocycles. The van der Waals surface area contributed by atoms with Crippen molar-refractivity contribution in [2.75, 3.05) is 12.8 Å². The van der Waals surface area contributed by atoms with Gasteiger partial charge in [-0.3, -0.25) is 24.1 Å². The summed E-state index contributed by atoms with van der Waals surface area (Å²) in [5.41, 5.74) is -4.01. The molecule has 162 valence electrons. The molecule has 3 aliphatic heterocycles. The van der Waals surface area contributed by atoms with Gasteiger partial charge in [0, 0.05) is 13.5 Å². The minimum absolute atomic E-state index is 0.102. The van der Waals surface area contributed by atoms with Crippen LogP contribution in [-0.4, -0.2) is 70.7 Å². The Balaban J connectivity index is 1.58. The smallest absolute Gasteiger partial charge is 0.273 e. The molecule has 3 heterocycles. The molecule has 6 aliphatic rings. The summed E-state index contributed by atoms with van der Waals surface area (Å²) < 4.78 is 27.7. The number of carbonyl (C=O) groups is 4. The van der Waals surface area contributed by atoms with E-state index in [0.29, 0.717) is 17.1 Å². The Labute approximate surface area is 174 Å². The van der Waals surface area contributed by atoms with Gasteiger partial charge in [-0.1, -0.05) is 19.9 Å². The first-order chi connectivity index (χ1) is 13.8. The fraction of sp³-hybridized carbons (Fsp3) is 0.700. The predicted octanol–water partition coefficient (Wildman–Crippen LogP) is -0.546. The maximum atomic E-state index is 13.6. The number of aliphatic hydroxyl groups is 1. The van der Waals surface area contributed by atoms with Crippen molar-refractivity contribution in [3.8, 4) is 0 Å². The number of likely N-dealkylation sites (tertiary alicyclic amines) is 1. The highest BCUT2D eigenvalue weighted by molar-refractivity contribution is 7.89. The summed E-state index contributed by atoms with van der Waals surface area (Å²) in [5, 5.41) is 11.0. The van der Waals surface area contributed by atoms with Crippen LogP contribution in [-0.2, 0) is 29.2 Å². The summed E-state index contributed by atoms with van der Waals surface area (Å²) in [6.45, 7) is 3.79. The van der Waals surface area contributed by atoms with E-state index in [9.17, 15) is 32.7 Å². The van der Waals surface area contributed by atoms with E-state index in [4.69, 9.17) is 0 Å². The maximum absolute atomic E-state index is 13.6. The summed E-state index contributed by atoms with van der Waals surface area (Å²) >= 11 is 0. The molecule has 3 amide bonds. The number of rotatable bonds is 3. The van der Waals surface area contributed by atoms with E-state index in [1.807, 2.05) is 13.8 Å². The van der Waals surface area contributed by atoms with Crippen molar-refractivity contribution in [2.45, 2.75) is 44.8 Å². The van der Waals surface area contributed by atoms with Crippen molar-refractivity contribution in [3.63, 3.8) is 0 Å². The number of fused-ring (bicyclic) bond motifs is 3. The van der Waals surface area contributed by atoms with Crippen molar-refractivity contribution >= 4 is 33.5 Å². The number of piperidine rings is 1. The van der Waals surface area contributed by atoms with E-state index >= 15 is 0 Å². The Hall–Kier alpha value is -2.07. The van der Waals surface area contributed by atoms with E-state index < -0.39 is 67.8 Å². The standard InChI is InChI=1S/C20H24N2O7S/c1-18(2)10-4-6-19(18,12(23)8-10)9-30(28,29)22-11-5-7-20(27,17(22)26)14-13(11)15(24)21(3)16(14)25/h5,7,10-11,13-14,27H,4,6,8-9H2,1-3H3/t10?,11-,13?,14?,19-,20-/m1/s1. The topological polar surface area (TPSA) is 129 Å². The molecule has 0 radical (unpaired) electrons. The van der Waals surface area contributed by atoms with Gasteiger partial charge in [0.05, 0.1) is 29.0 Å². The fourth-order valence-corrected chi connectivity index (χ4v) is 9.06. The first kappa shape index (κ1) is 19.9. The van der Waals surface area contributed by atoms with Crippen molar-refractivity contribution in [3.05, 3.63) is 12.2 Å². The number of amides is 3. The van der Waals surface area contributed by atoms with Crippen LogP contribution in [0.15, 0.2) is 12.2 Å². The van der Waals surface area contributed by atoms with Crippen LogP contribution in [0.5, 0.6) is 0 Å². The SMILES string of the molecule is CN1C(=O)C2C(C1=O)[C@]1(O)C=C[C@H]2N(S(=O)(=O)C[C@]23CCC(CC2=O)C3(C)C)C1=O. The summed E-state index contributed by atoms with van der Waals surface area (Å²) in [4.78, 5) is 52.0. The second kappa shape index (κ2) is 5.40. The van der Waals surface area contributed by atoms with Gasteiger partial charge < -0.3 is 5.11 Å². The molecule has 1 N–H and O–H groups in total.